The Balaban J connectivity index is 2.10. The number of aryl methyl sites for hydroxylation is 2. The fraction of sp³-hybridized carbons (Fsp3) is 0.464. The molecule has 0 aliphatic carbocycles. The average molecular weight is 519 g/mol. The molecule has 0 saturated heterocycles. The first-order chi connectivity index (χ1) is 17.2. The maximum atomic E-state index is 12.2. The number of hydrogen-bond acceptors (Lipinski definition) is 6. The number of rotatable bonds is 16. The van der Waals surface area contributed by atoms with E-state index in [1.54, 1.807) is 19.1 Å². The Bertz CT molecular complexity index is 1140. The topological polar surface area (TPSA) is 99.1 Å². The summed E-state index contributed by atoms with van der Waals surface area (Å²) in [5, 5.41) is 9.16. The molecule has 2 aromatic rings. The molecule has 0 saturated carbocycles. The molecule has 0 aliphatic rings. The smallest absolute Gasteiger partial charge is 0.331 e. The first-order valence-corrected chi connectivity index (χ1v) is 14.0. The molecule has 1 N–H and O–H groups in total. The molecular weight excluding hydrogens is 480 g/mol. The number of aliphatic carboxylic acids is 1. The van der Waals surface area contributed by atoms with Gasteiger partial charge in [-0.15, -0.1) is 0 Å². The average Bonchev–Trinajstić information content (AvgIpc) is 2.84. The van der Waals surface area contributed by atoms with E-state index in [1.165, 1.54) is 7.11 Å². The number of carbonyl (C=O) groups is 1. The highest BCUT2D eigenvalue weighted by atomic mass is 32.2. The van der Waals surface area contributed by atoms with Crippen molar-refractivity contribution < 1.29 is 32.0 Å². The molecule has 0 fully saturated rings. The standard InChI is InChI=1S/C28H38O7S/c1-5-7-16-34-26-20-23(18-21(3)28(29)30)12-14-24(26)11-9-10-22-13-15-25(27(19-22)33-4)35-36(31,32)17-8-6-2/h12-15,18-20H,5-11,16-17H2,1-4H3,(H,29,30). The lowest BCUT2D eigenvalue weighted by Gasteiger charge is -2.14. The van der Waals surface area contributed by atoms with Crippen LogP contribution in [0.1, 0.15) is 69.6 Å². The van der Waals surface area contributed by atoms with Crippen LogP contribution in [0.3, 0.4) is 0 Å². The quantitative estimate of drug-likeness (QED) is 0.164. The lowest BCUT2D eigenvalue weighted by molar-refractivity contribution is -0.132. The predicted molar refractivity (Wildman–Crippen MR) is 142 cm³/mol. The molecule has 0 radical (unpaired) electrons. The first kappa shape index (κ1) is 29.2. The third kappa shape index (κ3) is 9.57. The summed E-state index contributed by atoms with van der Waals surface area (Å²) in [4.78, 5) is 11.2. The van der Waals surface area contributed by atoms with Crippen molar-refractivity contribution >= 4 is 22.2 Å². The van der Waals surface area contributed by atoms with Crippen molar-refractivity contribution in [3.8, 4) is 17.2 Å². The van der Waals surface area contributed by atoms with Crippen LogP contribution in [0.25, 0.3) is 6.08 Å². The number of methoxy groups -OCH3 is 1. The zero-order valence-electron chi connectivity index (χ0n) is 21.7. The van der Waals surface area contributed by atoms with Crippen LogP contribution in [-0.2, 0) is 27.8 Å². The molecule has 0 heterocycles. The number of hydrogen-bond donors (Lipinski definition) is 1. The summed E-state index contributed by atoms with van der Waals surface area (Å²) in [7, 11) is -2.16. The van der Waals surface area contributed by atoms with Crippen LogP contribution in [0.15, 0.2) is 42.0 Å². The van der Waals surface area contributed by atoms with Gasteiger partial charge in [-0.1, -0.05) is 44.9 Å². The molecule has 0 atom stereocenters. The number of unbranched alkanes of at least 4 members (excludes halogenated alkanes) is 2. The van der Waals surface area contributed by atoms with E-state index in [0.717, 1.165) is 61.0 Å². The molecule has 198 valence electrons. The predicted octanol–water partition coefficient (Wildman–Crippen LogP) is 6.05. The maximum Gasteiger partial charge on any atom is 0.331 e. The van der Waals surface area contributed by atoms with E-state index in [2.05, 4.69) is 6.92 Å². The van der Waals surface area contributed by atoms with Crippen LogP contribution in [-0.4, -0.2) is 39.0 Å². The molecule has 36 heavy (non-hydrogen) atoms. The third-order valence-corrected chi connectivity index (χ3v) is 6.89. The van der Waals surface area contributed by atoms with E-state index >= 15 is 0 Å². The van der Waals surface area contributed by atoms with Gasteiger partial charge in [-0.2, -0.15) is 8.42 Å². The minimum absolute atomic E-state index is 0.0263. The summed E-state index contributed by atoms with van der Waals surface area (Å²) in [6.45, 7) is 6.20. The van der Waals surface area contributed by atoms with Crippen molar-refractivity contribution in [3.05, 3.63) is 58.7 Å². The molecular formula is C28H38O7S. The van der Waals surface area contributed by atoms with E-state index in [1.807, 2.05) is 37.3 Å². The van der Waals surface area contributed by atoms with Crippen molar-refractivity contribution in [2.75, 3.05) is 19.5 Å². The molecule has 0 spiro atoms. The van der Waals surface area contributed by atoms with Gasteiger partial charge < -0.3 is 18.8 Å². The summed E-state index contributed by atoms with van der Waals surface area (Å²) < 4.78 is 41.0. The summed E-state index contributed by atoms with van der Waals surface area (Å²) in [5.74, 6) is 0.388. The van der Waals surface area contributed by atoms with Gasteiger partial charge in [0.25, 0.3) is 0 Å². The summed E-state index contributed by atoms with van der Waals surface area (Å²) in [6.07, 6.45) is 7.28. The Labute approximate surface area is 215 Å². The number of ether oxygens (including phenoxy) is 2. The lowest BCUT2D eigenvalue weighted by Crippen LogP contribution is -2.14. The fourth-order valence-electron chi connectivity index (χ4n) is 3.56. The fourth-order valence-corrected chi connectivity index (χ4v) is 4.70. The second-order valence-electron chi connectivity index (χ2n) is 8.74. The van der Waals surface area contributed by atoms with Gasteiger partial charge in [-0.05, 0) is 80.0 Å². The number of benzene rings is 2. The van der Waals surface area contributed by atoms with Gasteiger partial charge >= 0.3 is 16.1 Å². The van der Waals surface area contributed by atoms with Crippen LogP contribution in [0.5, 0.6) is 17.2 Å². The molecule has 0 aromatic heterocycles. The number of carboxylic acid groups (broad SMARTS) is 1. The van der Waals surface area contributed by atoms with Gasteiger partial charge in [0.2, 0.25) is 0 Å². The van der Waals surface area contributed by atoms with Gasteiger partial charge in [-0.25, -0.2) is 4.79 Å². The Kier molecular flexibility index (Phi) is 11.8. The van der Waals surface area contributed by atoms with Crippen LogP contribution < -0.4 is 13.7 Å². The van der Waals surface area contributed by atoms with E-state index in [4.69, 9.17) is 18.8 Å². The molecule has 2 rings (SSSR count). The zero-order valence-corrected chi connectivity index (χ0v) is 22.5. The number of carboxylic acids is 1. The lowest BCUT2D eigenvalue weighted by atomic mass is 10.0. The maximum absolute atomic E-state index is 12.2. The van der Waals surface area contributed by atoms with Crippen molar-refractivity contribution in [2.24, 2.45) is 0 Å². The van der Waals surface area contributed by atoms with Crippen LogP contribution in [0.4, 0.5) is 0 Å². The Hall–Kier alpha value is -3.00. The highest BCUT2D eigenvalue weighted by molar-refractivity contribution is 7.87. The minimum atomic E-state index is -3.66. The van der Waals surface area contributed by atoms with Crippen molar-refractivity contribution in [3.63, 3.8) is 0 Å². The second kappa shape index (κ2) is 14.5. The Morgan fingerprint density at radius 1 is 0.944 bits per heavy atom. The van der Waals surface area contributed by atoms with E-state index in [-0.39, 0.29) is 17.1 Å². The van der Waals surface area contributed by atoms with Crippen LogP contribution in [0.2, 0.25) is 0 Å². The molecule has 0 unspecified atom stereocenters. The molecule has 0 amide bonds. The second-order valence-corrected chi connectivity index (χ2v) is 10.4. The molecule has 0 aliphatic heterocycles. The first-order valence-electron chi connectivity index (χ1n) is 12.5. The van der Waals surface area contributed by atoms with E-state index in [9.17, 15) is 13.2 Å². The van der Waals surface area contributed by atoms with Crippen LogP contribution in [0, 0.1) is 0 Å². The van der Waals surface area contributed by atoms with Crippen molar-refractivity contribution in [2.45, 2.75) is 65.7 Å². The molecule has 8 heteroatoms. The van der Waals surface area contributed by atoms with Gasteiger partial charge in [0.15, 0.2) is 11.5 Å². The van der Waals surface area contributed by atoms with Crippen molar-refractivity contribution in [1.29, 1.82) is 0 Å². The largest absolute Gasteiger partial charge is 0.493 e. The normalized spacial score (nSPS) is 11.8. The van der Waals surface area contributed by atoms with E-state index < -0.39 is 16.1 Å². The minimum Gasteiger partial charge on any atom is -0.493 e. The van der Waals surface area contributed by atoms with Gasteiger partial charge in [-0.3, -0.25) is 0 Å². The van der Waals surface area contributed by atoms with Gasteiger partial charge in [0.1, 0.15) is 5.75 Å². The summed E-state index contributed by atoms with van der Waals surface area (Å²) >= 11 is 0. The zero-order chi connectivity index (χ0) is 26.6. The van der Waals surface area contributed by atoms with Crippen LogP contribution >= 0.6 is 0 Å². The monoisotopic (exact) mass is 518 g/mol. The highest BCUT2D eigenvalue weighted by Crippen LogP contribution is 2.31. The summed E-state index contributed by atoms with van der Waals surface area (Å²) in [5.41, 5.74) is 3.13. The highest BCUT2D eigenvalue weighted by Gasteiger charge is 2.16. The Morgan fingerprint density at radius 3 is 2.36 bits per heavy atom. The SMILES string of the molecule is CCCCOc1cc(C=C(C)C(=O)O)ccc1CCCc1ccc(OS(=O)(=O)CCCC)c(OC)c1. The third-order valence-electron chi connectivity index (χ3n) is 5.67. The summed E-state index contributed by atoms with van der Waals surface area (Å²) in [6, 6.07) is 11.1. The van der Waals surface area contributed by atoms with Crippen molar-refractivity contribution in [1.82, 2.24) is 0 Å². The molecule has 2 aromatic carbocycles. The molecule has 0 bridgehead atoms. The molecule has 7 nitrogen and oxygen atoms in total. The Morgan fingerprint density at radius 2 is 1.69 bits per heavy atom. The van der Waals surface area contributed by atoms with Gasteiger partial charge in [0.05, 0.1) is 19.5 Å². The van der Waals surface area contributed by atoms with Gasteiger partial charge in [0, 0.05) is 5.57 Å². The van der Waals surface area contributed by atoms with E-state index in [0.29, 0.717) is 18.8 Å².